The van der Waals surface area contributed by atoms with E-state index in [1.54, 1.807) is 0 Å². The van der Waals surface area contributed by atoms with E-state index in [4.69, 9.17) is 0 Å². The monoisotopic (exact) mass is 286 g/mol. The zero-order valence-corrected chi connectivity index (χ0v) is 13.6. The van der Waals surface area contributed by atoms with Gasteiger partial charge in [-0.15, -0.1) is 0 Å². The summed E-state index contributed by atoms with van der Waals surface area (Å²) < 4.78 is 0. The minimum absolute atomic E-state index is 0.645. The second-order valence-corrected chi connectivity index (χ2v) is 7.18. The van der Waals surface area contributed by atoms with Crippen LogP contribution in [-0.4, -0.2) is 30.1 Å². The summed E-state index contributed by atoms with van der Waals surface area (Å²) >= 11 is 0. The van der Waals surface area contributed by atoms with Crippen molar-refractivity contribution in [3.05, 3.63) is 35.4 Å². The zero-order valence-electron chi connectivity index (χ0n) is 13.6. The predicted octanol–water partition coefficient (Wildman–Crippen LogP) is 3.74. The van der Waals surface area contributed by atoms with Crippen LogP contribution in [0.2, 0.25) is 0 Å². The Kier molecular flexibility index (Phi) is 4.97. The van der Waals surface area contributed by atoms with Crippen LogP contribution in [0.1, 0.15) is 50.2 Å². The number of aryl methyl sites for hydroxylation is 1. The lowest BCUT2D eigenvalue weighted by Gasteiger charge is -2.43. The normalized spacial score (nSPS) is 28.7. The third-order valence-corrected chi connectivity index (χ3v) is 5.46. The molecule has 1 heterocycles. The zero-order chi connectivity index (χ0) is 14.7. The van der Waals surface area contributed by atoms with E-state index in [9.17, 15) is 0 Å². The predicted molar refractivity (Wildman–Crippen MR) is 89.4 cm³/mol. The molecule has 0 amide bonds. The second kappa shape index (κ2) is 6.93. The quantitative estimate of drug-likeness (QED) is 0.910. The molecule has 1 N–H and O–H groups in total. The van der Waals surface area contributed by atoms with Gasteiger partial charge in [-0.1, -0.05) is 49.1 Å². The molecule has 2 nitrogen and oxygen atoms in total. The molecule has 1 aromatic rings. The van der Waals surface area contributed by atoms with Crippen molar-refractivity contribution in [3.8, 4) is 0 Å². The molecule has 3 rings (SSSR count). The van der Waals surface area contributed by atoms with Gasteiger partial charge in [0.2, 0.25) is 0 Å². The van der Waals surface area contributed by atoms with Crippen molar-refractivity contribution in [1.29, 1.82) is 0 Å². The average Bonchev–Trinajstić information content (AvgIpc) is 2.52. The van der Waals surface area contributed by atoms with Gasteiger partial charge in [0, 0.05) is 31.7 Å². The van der Waals surface area contributed by atoms with E-state index >= 15 is 0 Å². The summed E-state index contributed by atoms with van der Waals surface area (Å²) in [7, 11) is 0. The van der Waals surface area contributed by atoms with Gasteiger partial charge in [0.1, 0.15) is 0 Å². The number of hydrogen-bond acceptors (Lipinski definition) is 2. The molecule has 2 unspecified atom stereocenters. The molecule has 1 saturated heterocycles. The Bertz CT molecular complexity index is 433. The van der Waals surface area contributed by atoms with Gasteiger partial charge in [-0.05, 0) is 38.2 Å². The number of nitrogens with zero attached hydrogens (tertiary/aromatic N) is 1. The molecule has 2 aliphatic rings. The van der Waals surface area contributed by atoms with Gasteiger partial charge in [-0.2, -0.15) is 0 Å². The molecule has 0 radical (unpaired) electrons. The Balaban J connectivity index is 1.61. The molecule has 1 aromatic carbocycles. The lowest BCUT2D eigenvalue weighted by molar-refractivity contribution is 0.0981. The maximum absolute atomic E-state index is 3.82. The Morgan fingerprint density at radius 1 is 1.10 bits per heavy atom. The Labute approximate surface area is 129 Å². The van der Waals surface area contributed by atoms with E-state index < -0.39 is 0 Å². The molecule has 2 fully saturated rings. The molecule has 1 saturated carbocycles. The molecule has 0 spiro atoms. The minimum Gasteiger partial charge on any atom is -0.311 e. The van der Waals surface area contributed by atoms with Gasteiger partial charge in [0.05, 0.1) is 0 Å². The molecule has 0 bridgehead atoms. The number of hydrogen-bond donors (Lipinski definition) is 1. The van der Waals surface area contributed by atoms with E-state index in [-0.39, 0.29) is 0 Å². The molecule has 116 valence electrons. The van der Waals surface area contributed by atoms with Crippen LogP contribution in [-0.2, 0) is 6.54 Å². The summed E-state index contributed by atoms with van der Waals surface area (Å²) in [6.07, 6.45) is 7.20. The van der Waals surface area contributed by atoms with Crippen LogP contribution in [0.15, 0.2) is 24.3 Å². The van der Waals surface area contributed by atoms with Crippen molar-refractivity contribution in [2.45, 2.75) is 64.6 Å². The van der Waals surface area contributed by atoms with Crippen molar-refractivity contribution in [2.75, 3.05) is 13.1 Å². The van der Waals surface area contributed by atoms with E-state index in [0.717, 1.165) is 19.0 Å². The van der Waals surface area contributed by atoms with Crippen LogP contribution < -0.4 is 5.32 Å². The average molecular weight is 286 g/mol. The first-order chi connectivity index (χ1) is 10.2. The van der Waals surface area contributed by atoms with Crippen LogP contribution in [0.25, 0.3) is 0 Å². The maximum atomic E-state index is 3.82. The number of rotatable bonds is 3. The fraction of sp³-hybridized carbons (Fsp3) is 0.684. The summed E-state index contributed by atoms with van der Waals surface area (Å²) in [6.45, 7) is 7.99. The lowest BCUT2D eigenvalue weighted by atomic mass is 9.82. The first-order valence-corrected chi connectivity index (χ1v) is 8.75. The summed E-state index contributed by atoms with van der Waals surface area (Å²) in [5.41, 5.74) is 2.81. The van der Waals surface area contributed by atoms with Crippen LogP contribution in [0, 0.1) is 12.8 Å². The van der Waals surface area contributed by atoms with Crippen molar-refractivity contribution in [2.24, 2.45) is 5.92 Å². The Morgan fingerprint density at radius 2 is 1.81 bits per heavy atom. The van der Waals surface area contributed by atoms with Crippen LogP contribution >= 0.6 is 0 Å². The summed E-state index contributed by atoms with van der Waals surface area (Å²) in [6, 6.07) is 10.4. The largest absolute Gasteiger partial charge is 0.311 e. The summed E-state index contributed by atoms with van der Waals surface area (Å²) in [5.74, 6) is 0.909. The number of piperazine rings is 1. The van der Waals surface area contributed by atoms with Crippen molar-refractivity contribution in [3.63, 3.8) is 0 Å². The van der Waals surface area contributed by atoms with Crippen molar-refractivity contribution < 1.29 is 0 Å². The van der Waals surface area contributed by atoms with Gasteiger partial charge < -0.3 is 5.32 Å². The van der Waals surface area contributed by atoms with E-state index in [0.29, 0.717) is 12.1 Å². The summed E-state index contributed by atoms with van der Waals surface area (Å²) in [4.78, 5) is 2.68. The van der Waals surface area contributed by atoms with Gasteiger partial charge in [-0.3, -0.25) is 4.90 Å². The lowest BCUT2D eigenvalue weighted by Crippen LogP contribution is -2.57. The number of benzene rings is 1. The molecule has 2 atom stereocenters. The van der Waals surface area contributed by atoms with Gasteiger partial charge >= 0.3 is 0 Å². The van der Waals surface area contributed by atoms with Crippen LogP contribution in [0.5, 0.6) is 0 Å². The highest BCUT2D eigenvalue weighted by Crippen LogP contribution is 2.28. The fourth-order valence-electron chi connectivity index (χ4n) is 3.95. The fourth-order valence-corrected chi connectivity index (χ4v) is 3.95. The molecule has 21 heavy (non-hydrogen) atoms. The maximum Gasteiger partial charge on any atom is 0.0237 e. The van der Waals surface area contributed by atoms with Crippen LogP contribution in [0.3, 0.4) is 0 Å². The minimum atomic E-state index is 0.645. The standard InChI is InChI=1S/C19H30N2/c1-15-8-10-17(11-9-15)13-21-14-19(20-12-16(21)2)18-6-4-3-5-7-18/h8-11,16,18-20H,3-7,12-14H2,1-2H3. The smallest absolute Gasteiger partial charge is 0.0237 e. The van der Waals surface area contributed by atoms with Crippen LogP contribution in [0.4, 0.5) is 0 Å². The van der Waals surface area contributed by atoms with E-state index in [2.05, 4.69) is 48.3 Å². The Hall–Kier alpha value is -0.860. The summed E-state index contributed by atoms with van der Waals surface area (Å²) in [5, 5.41) is 3.82. The highest BCUT2D eigenvalue weighted by Gasteiger charge is 2.30. The molecule has 0 aromatic heterocycles. The Morgan fingerprint density at radius 3 is 2.52 bits per heavy atom. The van der Waals surface area contributed by atoms with Crippen molar-refractivity contribution in [1.82, 2.24) is 10.2 Å². The molecular formula is C19H30N2. The first-order valence-electron chi connectivity index (χ1n) is 8.75. The molecule has 1 aliphatic carbocycles. The van der Waals surface area contributed by atoms with E-state index in [1.807, 2.05) is 0 Å². The third kappa shape index (κ3) is 3.87. The molecule has 1 aliphatic heterocycles. The second-order valence-electron chi connectivity index (χ2n) is 7.18. The first kappa shape index (κ1) is 15.1. The SMILES string of the molecule is Cc1ccc(CN2CC(C3CCCCC3)NCC2C)cc1. The number of nitrogens with one attached hydrogen (secondary N) is 1. The molecular weight excluding hydrogens is 256 g/mol. The van der Waals surface area contributed by atoms with Crippen molar-refractivity contribution >= 4 is 0 Å². The highest BCUT2D eigenvalue weighted by molar-refractivity contribution is 5.21. The molecule has 2 heteroatoms. The third-order valence-electron chi connectivity index (χ3n) is 5.46. The highest BCUT2D eigenvalue weighted by atomic mass is 15.2. The van der Waals surface area contributed by atoms with Gasteiger partial charge in [0.25, 0.3) is 0 Å². The van der Waals surface area contributed by atoms with Gasteiger partial charge in [-0.25, -0.2) is 0 Å². The topological polar surface area (TPSA) is 15.3 Å². The van der Waals surface area contributed by atoms with Gasteiger partial charge in [0.15, 0.2) is 0 Å². The van der Waals surface area contributed by atoms with E-state index in [1.165, 1.54) is 49.8 Å².